The Kier molecular flexibility index (Phi) is 5.60. The number of thioether (sulfide) groups is 1. The lowest BCUT2D eigenvalue weighted by Crippen LogP contribution is -2.30. The van der Waals surface area contributed by atoms with Crippen LogP contribution in [-0.4, -0.2) is 26.4 Å². The van der Waals surface area contributed by atoms with Crippen molar-refractivity contribution in [2.75, 3.05) is 10.7 Å². The number of hydrogen-bond acceptors (Lipinski definition) is 5. The van der Waals surface area contributed by atoms with Crippen LogP contribution < -0.4 is 4.90 Å². The average molecular weight is 509 g/mol. The zero-order valence-corrected chi connectivity index (χ0v) is 19.7. The molecule has 154 valence electrons. The maximum absolute atomic E-state index is 13.4. The zero-order valence-electron chi connectivity index (χ0n) is 16.5. The van der Waals surface area contributed by atoms with Gasteiger partial charge in [-0.1, -0.05) is 81.9 Å². The Hall–Kier alpha value is -2.55. The number of benzene rings is 3. The summed E-state index contributed by atoms with van der Waals surface area (Å²) in [5.74, 6) is 1.03. The third-order valence-electron chi connectivity index (χ3n) is 4.96. The van der Waals surface area contributed by atoms with E-state index < -0.39 is 0 Å². The van der Waals surface area contributed by atoms with Crippen LogP contribution in [-0.2, 0) is 11.8 Å². The second-order valence-electron chi connectivity index (χ2n) is 6.90. The van der Waals surface area contributed by atoms with Crippen molar-refractivity contribution in [3.8, 4) is 11.4 Å². The third-order valence-corrected chi connectivity index (χ3v) is 7.78. The predicted molar refractivity (Wildman–Crippen MR) is 129 cm³/mol. The summed E-state index contributed by atoms with van der Waals surface area (Å²) in [7, 11) is 1.92. The molecule has 3 aromatic carbocycles. The highest BCUT2D eigenvalue weighted by Crippen LogP contribution is 2.48. The van der Waals surface area contributed by atoms with Gasteiger partial charge in [0.05, 0.1) is 17.1 Å². The molecule has 1 aliphatic heterocycles. The topological polar surface area (TPSA) is 51.0 Å². The van der Waals surface area contributed by atoms with E-state index in [1.54, 1.807) is 11.8 Å². The molecule has 0 bridgehead atoms. The second kappa shape index (κ2) is 8.53. The first-order chi connectivity index (χ1) is 15.1. The molecule has 0 spiro atoms. The van der Waals surface area contributed by atoms with Crippen molar-refractivity contribution in [1.82, 2.24) is 14.8 Å². The molecule has 5 rings (SSSR count). The second-order valence-corrected chi connectivity index (χ2v) is 9.78. The molecule has 1 amide bonds. The molecule has 31 heavy (non-hydrogen) atoms. The number of halogens is 1. The smallest absolute Gasteiger partial charge is 0.242 e. The van der Waals surface area contributed by atoms with E-state index in [9.17, 15) is 4.79 Å². The highest BCUT2D eigenvalue weighted by molar-refractivity contribution is 9.10. The minimum Gasteiger partial charge on any atom is -0.305 e. The van der Waals surface area contributed by atoms with E-state index in [-0.39, 0.29) is 11.7 Å². The molecule has 8 heteroatoms. The Labute approximate surface area is 197 Å². The molecule has 0 N–H and O–H groups in total. The molecule has 1 aliphatic rings. The number of para-hydroxylation sites is 2. The van der Waals surface area contributed by atoms with E-state index in [1.165, 1.54) is 11.8 Å². The van der Waals surface area contributed by atoms with Crippen molar-refractivity contribution in [3.63, 3.8) is 0 Å². The summed E-state index contributed by atoms with van der Waals surface area (Å²) in [5, 5.41) is 9.36. The number of aromatic nitrogens is 3. The number of hydrogen-bond donors (Lipinski definition) is 0. The van der Waals surface area contributed by atoms with Crippen LogP contribution in [0.25, 0.3) is 11.4 Å². The first kappa shape index (κ1) is 20.4. The molecule has 0 saturated heterocycles. The lowest BCUT2D eigenvalue weighted by molar-refractivity contribution is -0.115. The Bertz CT molecular complexity index is 1240. The van der Waals surface area contributed by atoms with Crippen molar-refractivity contribution >= 4 is 56.7 Å². The number of nitrogens with zero attached hydrogens (tertiary/aromatic N) is 4. The molecule has 0 radical (unpaired) electrons. The van der Waals surface area contributed by atoms with E-state index in [1.807, 2.05) is 77.2 Å². The summed E-state index contributed by atoms with van der Waals surface area (Å²) < 4.78 is 2.88. The minimum absolute atomic E-state index is 0.00985. The summed E-state index contributed by atoms with van der Waals surface area (Å²) >= 11 is 6.66. The van der Waals surface area contributed by atoms with Gasteiger partial charge in [-0.05, 0) is 30.3 Å². The van der Waals surface area contributed by atoms with Crippen LogP contribution >= 0.6 is 39.5 Å². The van der Waals surface area contributed by atoms with Crippen molar-refractivity contribution in [1.29, 1.82) is 0 Å². The number of carbonyl (C=O) groups is 1. The Balaban J connectivity index is 1.41. The van der Waals surface area contributed by atoms with E-state index in [0.29, 0.717) is 5.16 Å². The van der Waals surface area contributed by atoms with Gasteiger partial charge in [0, 0.05) is 26.9 Å². The first-order valence-corrected chi connectivity index (χ1v) is 12.2. The molecule has 0 aliphatic carbocycles. The van der Waals surface area contributed by atoms with Gasteiger partial charge in [0.2, 0.25) is 5.91 Å². The zero-order chi connectivity index (χ0) is 21.4. The van der Waals surface area contributed by atoms with Gasteiger partial charge in [-0.15, -0.1) is 10.2 Å². The van der Waals surface area contributed by atoms with Crippen LogP contribution in [0.2, 0.25) is 0 Å². The van der Waals surface area contributed by atoms with E-state index in [2.05, 4.69) is 38.3 Å². The highest BCUT2D eigenvalue weighted by atomic mass is 79.9. The van der Waals surface area contributed by atoms with Crippen molar-refractivity contribution in [3.05, 3.63) is 77.3 Å². The molecule has 0 saturated carbocycles. The van der Waals surface area contributed by atoms with E-state index >= 15 is 0 Å². The van der Waals surface area contributed by atoms with Crippen molar-refractivity contribution in [2.24, 2.45) is 7.05 Å². The normalized spacial score (nSPS) is 12.4. The molecule has 2 heterocycles. The SMILES string of the molecule is Cn1c(SCC(=O)N2c3ccccc3Sc3ccccc32)nnc1-c1ccccc1Br. The van der Waals surface area contributed by atoms with Gasteiger partial charge < -0.3 is 4.57 Å². The summed E-state index contributed by atoms with van der Waals surface area (Å²) in [4.78, 5) is 17.3. The molecule has 5 nitrogen and oxygen atoms in total. The summed E-state index contributed by atoms with van der Waals surface area (Å²) in [5.41, 5.74) is 2.80. The predicted octanol–water partition coefficient (Wildman–Crippen LogP) is 6.17. The van der Waals surface area contributed by atoms with E-state index in [4.69, 9.17) is 0 Å². The third kappa shape index (κ3) is 3.79. The maximum atomic E-state index is 13.4. The lowest BCUT2D eigenvalue weighted by atomic mass is 10.2. The van der Waals surface area contributed by atoms with Gasteiger partial charge in [-0.2, -0.15) is 0 Å². The van der Waals surface area contributed by atoms with Gasteiger partial charge in [0.15, 0.2) is 11.0 Å². The average Bonchev–Trinajstić information content (AvgIpc) is 3.16. The maximum Gasteiger partial charge on any atom is 0.242 e. The Morgan fingerprint density at radius 1 is 0.935 bits per heavy atom. The van der Waals surface area contributed by atoms with Crippen LogP contribution in [0.4, 0.5) is 11.4 Å². The Morgan fingerprint density at radius 3 is 2.23 bits per heavy atom. The Morgan fingerprint density at radius 2 is 1.55 bits per heavy atom. The fraction of sp³-hybridized carbons (Fsp3) is 0.0870. The van der Waals surface area contributed by atoms with Gasteiger partial charge in [0.25, 0.3) is 0 Å². The summed E-state index contributed by atoms with van der Waals surface area (Å²) in [6, 6.07) is 23.9. The number of anilines is 2. The highest BCUT2D eigenvalue weighted by Gasteiger charge is 2.28. The summed E-state index contributed by atoms with van der Waals surface area (Å²) in [6.45, 7) is 0. The molecule has 1 aromatic heterocycles. The number of rotatable bonds is 4. The number of carbonyl (C=O) groups excluding carboxylic acids is 1. The standard InChI is InChI=1S/C23H17BrN4OS2/c1-27-22(15-8-2-3-9-16(15)24)25-26-23(27)30-14-21(29)28-17-10-4-6-12-19(17)31-20-13-7-5-11-18(20)28/h2-13H,14H2,1H3. The quantitative estimate of drug-likeness (QED) is 0.308. The van der Waals surface area contributed by atoms with Crippen molar-refractivity contribution < 1.29 is 4.79 Å². The lowest BCUT2D eigenvalue weighted by Gasteiger charge is -2.30. The molecular formula is C23H17BrN4OS2. The van der Waals surface area contributed by atoms with Crippen LogP contribution in [0.5, 0.6) is 0 Å². The monoisotopic (exact) mass is 508 g/mol. The van der Waals surface area contributed by atoms with Crippen LogP contribution in [0.3, 0.4) is 0 Å². The van der Waals surface area contributed by atoms with Gasteiger partial charge in [-0.25, -0.2) is 0 Å². The molecule has 0 fully saturated rings. The van der Waals surface area contributed by atoms with Crippen LogP contribution in [0.15, 0.2) is 92.2 Å². The fourth-order valence-corrected chi connectivity index (χ4v) is 5.76. The minimum atomic E-state index is 0.00985. The van der Waals surface area contributed by atoms with Gasteiger partial charge in [-0.3, -0.25) is 9.69 Å². The van der Waals surface area contributed by atoms with Crippen LogP contribution in [0, 0.1) is 0 Å². The number of fused-ring (bicyclic) bond motifs is 2. The van der Waals surface area contributed by atoms with Crippen LogP contribution in [0.1, 0.15) is 0 Å². The number of amides is 1. The first-order valence-electron chi connectivity index (χ1n) is 9.59. The molecule has 0 unspecified atom stereocenters. The van der Waals surface area contributed by atoms with E-state index in [0.717, 1.165) is 37.0 Å². The van der Waals surface area contributed by atoms with Gasteiger partial charge in [0.1, 0.15) is 0 Å². The molecule has 0 atom stereocenters. The largest absolute Gasteiger partial charge is 0.305 e. The van der Waals surface area contributed by atoms with Gasteiger partial charge >= 0.3 is 0 Å². The van der Waals surface area contributed by atoms with Crippen molar-refractivity contribution in [2.45, 2.75) is 14.9 Å². The summed E-state index contributed by atoms with van der Waals surface area (Å²) in [6.07, 6.45) is 0. The molecule has 4 aromatic rings. The molecular weight excluding hydrogens is 492 g/mol. The fourth-order valence-electron chi connectivity index (χ4n) is 3.48.